The molecule has 0 bridgehead atoms. The third kappa shape index (κ3) is 4.74. The van der Waals surface area contributed by atoms with Gasteiger partial charge in [-0.05, 0) is 49.2 Å². The van der Waals surface area contributed by atoms with Crippen molar-refractivity contribution in [1.82, 2.24) is 15.1 Å². The Bertz CT molecular complexity index is 1110. The third-order valence-corrected chi connectivity index (χ3v) is 6.12. The monoisotopic (exact) mass is 446 g/mol. The lowest BCUT2D eigenvalue weighted by Gasteiger charge is -2.31. The summed E-state index contributed by atoms with van der Waals surface area (Å²) in [6.45, 7) is 1.01. The standard InChI is InChI=1S/C21H17F3N4O2S/c22-14-3-1-13(2-4-14)21(30)28-9-7-12(8-10-28)19-26-27-20(31-19)18(29)25-17-6-5-15(23)11-16(17)24/h1-6,11-12H,7-10H2,(H,25,29). The van der Waals surface area contributed by atoms with E-state index in [0.717, 1.165) is 23.5 Å². The van der Waals surface area contributed by atoms with Gasteiger partial charge in [0.15, 0.2) is 0 Å². The Morgan fingerprint density at radius 2 is 1.65 bits per heavy atom. The molecule has 0 atom stereocenters. The van der Waals surface area contributed by atoms with E-state index in [9.17, 15) is 22.8 Å². The molecular formula is C21H17F3N4O2S. The number of aromatic nitrogens is 2. The van der Waals surface area contributed by atoms with E-state index in [4.69, 9.17) is 0 Å². The highest BCUT2D eigenvalue weighted by molar-refractivity contribution is 7.13. The largest absolute Gasteiger partial charge is 0.339 e. The summed E-state index contributed by atoms with van der Waals surface area (Å²) >= 11 is 1.11. The van der Waals surface area contributed by atoms with Gasteiger partial charge in [-0.1, -0.05) is 11.3 Å². The van der Waals surface area contributed by atoms with E-state index in [-0.39, 0.29) is 22.5 Å². The molecule has 1 N–H and O–H groups in total. The lowest BCUT2D eigenvalue weighted by Crippen LogP contribution is -2.37. The number of nitrogens with one attached hydrogen (secondary N) is 1. The average Bonchev–Trinajstić information content (AvgIpc) is 3.26. The molecule has 1 aromatic heterocycles. The number of benzene rings is 2. The normalized spacial score (nSPS) is 14.5. The molecule has 160 valence electrons. The molecule has 4 rings (SSSR count). The quantitative estimate of drug-likeness (QED) is 0.651. The van der Waals surface area contributed by atoms with Crippen LogP contribution in [-0.4, -0.2) is 40.0 Å². The predicted octanol–water partition coefficient (Wildman–Crippen LogP) is 4.23. The smallest absolute Gasteiger partial charge is 0.286 e. The Hall–Kier alpha value is -3.27. The number of anilines is 1. The van der Waals surface area contributed by atoms with Crippen LogP contribution in [0.5, 0.6) is 0 Å². The molecule has 1 aliphatic heterocycles. The van der Waals surface area contributed by atoms with Crippen molar-refractivity contribution in [3.63, 3.8) is 0 Å². The van der Waals surface area contributed by atoms with Crippen LogP contribution in [0, 0.1) is 17.5 Å². The average molecular weight is 446 g/mol. The Balaban J connectivity index is 1.36. The molecule has 1 fully saturated rings. The van der Waals surface area contributed by atoms with Crippen LogP contribution >= 0.6 is 11.3 Å². The summed E-state index contributed by atoms with van der Waals surface area (Å²) in [4.78, 5) is 26.6. The number of rotatable bonds is 4. The second-order valence-corrected chi connectivity index (χ2v) is 8.11. The van der Waals surface area contributed by atoms with Crippen molar-refractivity contribution in [2.45, 2.75) is 18.8 Å². The molecule has 0 saturated carbocycles. The van der Waals surface area contributed by atoms with Crippen LogP contribution in [0.3, 0.4) is 0 Å². The lowest BCUT2D eigenvalue weighted by atomic mass is 9.97. The second kappa shape index (κ2) is 8.84. The maximum Gasteiger partial charge on any atom is 0.286 e. The topological polar surface area (TPSA) is 75.2 Å². The lowest BCUT2D eigenvalue weighted by molar-refractivity contribution is 0.0712. The first-order valence-corrected chi connectivity index (χ1v) is 10.4. The summed E-state index contributed by atoms with van der Waals surface area (Å²) in [5.41, 5.74) is 0.290. The van der Waals surface area contributed by atoms with Gasteiger partial charge in [0.05, 0.1) is 5.69 Å². The van der Waals surface area contributed by atoms with Crippen molar-refractivity contribution in [2.24, 2.45) is 0 Å². The molecule has 0 radical (unpaired) electrons. The first kappa shape index (κ1) is 21.0. The van der Waals surface area contributed by atoms with Crippen molar-refractivity contribution in [3.8, 4) is 0 Å². The van der Waals surface area contributed by atoms with Crippen LogP contribution in [0.2, 0.25) is 0 Å². The van der Waals surface area contributed by atoms with Crippen LogP contribution in [0.4, 0.5) is 18.9 Å². The fraction of sp³-hybridized carbons (Fsp3) is 0.238. The predicted molar refractivity (Wildman–Crippen MR) is 108 cm³/mol. The van der Waals surface area contributed by atoms with Crippen molar-refractivity contribution in [1.29, 1.82) is 0 Å². The van der Waals surface area contributed by atoms with Gasteiger partial charge >= 0.3 is 0 Å². The number of hydrogen-bond acceptors (Lipinski definition) is 5. The van der Waals surface area contributed by atoms with Gasteiger partial charge in [-0.25, -0.2) is 13.2 Å². The van der Waals surface area contributed by atoms with Crippen LogP contribution < -0.4 is 5.32 Å². The minimum atomic E-state index is -0.878. The summed E-state index contributed by atoms with van der Waals surface area (Å²) in [5, 5.41) is 11.1. The highest BCUT2D eigenvalue weighted by Crippen LogP contribution is 2.31. The summed E-state index contributed by atoms with van der Waals surface area (Å²) in [6.07, 6.45) is 1.30. The first-order valence-electron chi connectivity index (χ1n) is 9.55. The van der Waals surface area contributed by atoms with E-state index in [0.29, 0.717) is 42.6 Å². The van der Waals surface area contributed by atoms with E-state index >= 15 is 0 Å². The van der Waals surface area contributed by atoms with Gasteiger partial charge in [-0.2, -0.15) is 0 Å². The van der Waals surface area contributed by atoms with Crippen molar-refractivity contribution >= 4 is 28.8 Å². The number of carbonyl (C=O) groups excluding carboxylic acids is 2. The zero-order valence-electron chi connectivity index (χ0n) is 16.1. The van der Waals surface area contributed by atoms with Gasteiger partial charge in [0, 0.05) is 30.6 Å². The zero-order chi connectivity index (χ0) is 22.0. The molecule has 6 nitrogen and oxygen atoms in total. The molecule has 0 unspecified atom stereocenters. The Morgan fingerprint density at radius 3 is 2.32 bits per heavy atom. The van der Waals surface area contributed by atoms with Gasteiger partial charge in [0.1, 0.15) is 22.5 Å². The van der Waals surface area contributed by atoms with Crippen LogP contribution in [0.15, 0.2) is 42.5 Å². The SMILES string of the molecule is O=C(Nc1ccc(F)cc1F)c1nnc(C2CCN(C(=O)c3ccc(F)cc3)CC2)s1. The minimum Gasteiger partial charge on any atom is -0.339 e. The molecule has 0 aliphatic carbocycles. The van der Waals surface area contributed by atoms with Crippen molar-refractivity contribution in [3.05, 3.63) is 75.5 Å². The van der Waals surface area contributed by atoms with E-state index in [1.807, 2.05) is 0 Å². The van der Waals surface area contributed by atoms with Gasteiger partial charge in [-0.15, -0.1) is 10.2 Å². The number of likely N-dealkylation sites (tertiary alicyclic amines) is 1. The fourth-order valence-electron chi connectivity index (χ4n) is 3.36. The minimum absolute atomic E-state index is 0.0406. The molecule has 31 heavy (non-hydrogen) atoms. The molecule has 2 amide bonds. The van der Waals surface area contributed by atoms with E-state index < -0.39 is 23.4 Å². The van der Waals surface area contributed by atoms with Gasteiger partial charge < -0.3 is 10.2 Å². The number of piperidine rings is 1. The summed E-state index contributed by atoms with van der Waals surface area (Å²) in [6, 6.07) is 8.30. The number of halogens is 3. The van der Waals surface area contributed by atoms with Crippen LogP contribution in [0.25, 0.3) is 0 Å². The number of carbonyl (C=O) groups is 2. The Kier molecular flexibility index (Phi) is 5.99. The van der Waals surface area contributed by atoms with Crippen molar-refractivity contribution in [2.75, 3.05) is 18.4 Å². The van der Waals surface area contributed by atoms with Crippen LogP contribution in [-0.2, 0) is 0 Å². The molecule has 10 heteroatoms. The number of nitrogens with zero attached hydrogens (tertiary/aromatic N) is 3. The van der Waals surface area contributed by atoms with E-state index in [2.05, 4.69) is 15.5 Å². The molecule has 1 saturated heterocycles. The molecule has 1 aliphatic rings. The Morgan fingerprint density at radius 1 is 0.968 bits per heavy atom. The maximum atomic E-state index is 13.7. The summed E-state index contributed by atoms with van der Waals surface area (Å²) in [5.74, 6) is -2.75. The molecule has 0 spiro atoms. The number of hydrogen-bond donors (Lipinski definition) is 1. The van der Waals surface area contributed by atoms with Gasteiger partial charge in [0.2, 0.25) is 5.01 Å². The van der Waals surface area contributed by atoms with E-state index in [1.54, 1.807) is 4.90 Å². The fourth-order valence-corrected chi connectivity index (χ4v) is 4.27. The Labute approximate surface area is 179 Å². The highest BCUT2D eigenvalue weighted by Gasteiger charge is 2.27. The van der Waals surface area contributed by atoms with Crippen molar-refractivity contribution < 1.29 is 22.8 Å². The zero-order valence-corrected chi connectivity index (χ0v) is 17.0. The molecular weight excluding hydrogens is 429 g/mol. The first-order chi connectivity index (χ1) is 14.9. The molecule has 3 aromatic rings. The molecule has 2 aromatic carbocycles. The third-order valence-electron chi connectivity index (χ3n) is 5.04. The van der Waals surface area contributed by atoms with E-state index in [1.165, 1.54) is 24.3 Å². The molecule has 2 heterocycles. The van der Waals surface area contributed by atoms with Crippen LogP contribution in [0.1, 0.15) is 43.9 Å². The number of amides is 2. The summed E-state index contributed by atoms with van der Waals surface area (Å²) in [7, 11) is 0. The van der Waals surface area contributed by atoms with Gasteiger partial charge in [0.25, 0.3) is 11.8 Å². The maximum absolute atomic E-state index is 13.7. The second-order valence-electron chi connectivity index (χ2n) is 7.10. The summed E-state index contributed by atoms with van der Waals surface area (Å²) < 4.78 is 39.8. The van der Waals surface area contributed by atoms with Gasteiger partial charge in [-0.3, -0.25) is 9.59 Å². The highest BCUT2D eigenvalue weighted by atomic mass is 32.1.